The molecule has 2 fully saturated rings. The van der Waals surface area contributed by atoms with Crippen molar-refractivity contribution in [3.63, 3.8) is 0 Å². The number of hydrogen-bond acceptors (Lipinski definition) is 8. The lowest BCUT2D eigenvalue weighted by Gasteiger charge is -2.38. The normalized spacial score (nSPS) is 19.4. The highest BCUT2D eigenvalue weighted by Gasteiger charge is 2.41. The number of carbonyl (C=O) groups is 1. The predicted molar refractivity (Wildman–Crippen MR) is 127 cm³/mol. The SMILES string of the molecule is COC(=O)C1=CN(C2CC2)c2cc(N3CCN(c4ccc(OC)cc4)CC3)c(F)cc2S1(=O)=O. The Morgan fingerprint density at radius 2 is 1.62 bits per heavy atom. The van der Waals surface area contributed by atoms with Crippen LogP contribution in [-0.4, -0.2) is 60.8 Å². The van der Waals surface area contributed by atoms with E-state index >= 15 is 4.39 Å². The van der Waals surface area contributed by atoms with Crippen LogP contribution in [0.3, 0.4) is 0 Å². The zero-order chi connectivity index (χ0) is 24.0. The first-order chi connectivity index (χ1) is 16.3. The summed E-state index contributed by atoms with van der Waals surface area (Å²) in [6, 6.07) is 10.5. The van der Waals surface area contributed by atoms with E-state index in [1.54, 1.807) is 18.1 Å². The quantitative estimate of drug-likeness (QED) is 0.596. The number of carbonyl (C=O) groups excluding carboxylic acids is 1. The lowest BCUT2D eigenvalue weighted by Crippen LogP contribution is -2.47. The lowest BCUT2D eigenvalue weighted by molar-refractivity contribution is -0.135. The molecular formula is C24H26FN3O5S. The molecule has 2 heterocycles. The van der Waals surface area contributed by atoms with Crippen molar-refractivity contribution in [3.05, 3.63) is 53.3 Å². The van der Waals surface area contributed by atoms with Gasteiger partial charge in [0.1, 0.15) is 11.6 Å². The Morgan fingerprint density at radius 1 is 0.971 bits per heavy atom. The zero-order valence-corrected chi connectivity index (χ0v) is 19.8. The summed E-state index contributed by atoms with van der Waals surface area (Å²) in [5.41, 5.74) is 1.84. The molecule has 34 heavy (non-hydrogen) atoms. The van der Waals surface area contributed by atoms with E-state index < -0.39 is 26.5 Å². The van der Waals surface area contributed by atoms with Crippen LogP contribution >= 0.6 is 0 Å². The Bertz CT molecular complexity index is 1250. The van der Waals surface area contributed by atoms with Gasteiger partial charge in [0, 0.05) is 44.1 Å². The minimum absolute atomic E-state index is 0.0825. The molecule has 10 heteroatoms. The second-order valence-electron chi connectivity index (χ2n) is 8.57. The first-order valence-corrected chi connectivity index (χ1v) is 12.6. The van der Waals surface area contributed by atoms with Crippen molar-refractivity contribution in [3.8, 4) is 5.75 Å². The largest absolute Gasteiger partial charge is 0.497 e. The highest BCUT2D eigenvalue weighted by Crippen LogP contribution is 2.44. The third-order valence-electron chi connectivity index (χ3n) is 6.53. The predicted octanol–water partition coefficient (Wildman–Crippen LogP) is 2.93. The minimum atomic E-state index is -4.19. The summed E-state index contributed by atoms with van der Waals surface area (Å²) < 4.78 is 51.3. The Hall–Kier alpha value is -3.27. The van der Waals surface area contributed by atoms with Gasteiger partial charge in [-0.25, -0.2) is 17.6 Å². The van der Waals surface area contributed by atoms with Crippen LogP contribution in [-0.2, 0) is 19.4 Å². The maximum atomic E-state index is 15.3. The molecule has 3 aliphatic rings. The van der Waals surface area contributed by atoms with Crippen LogP contribution in [0.15, 0.2) is 52.4 Å². The van der Waals surface area contributed by atoms with Gasteiger partial charge < -0.3 is 24.2 Å². The van der Waals surface area contributed by atoms with E-state index in [-0.39, 0.29) is 10.9 Å². The molecule has 5 rings (SSSR count). The topological polar surface area (TPSA) is 79.4 Å². The van der Waals surface area contributed by atoms with E-state index in [4.69, 9.17) is 4.74 Å². The van der Waals surface area contributed by atoms with Gasteiger partial charge >= 0.3 is 5.97 Å². The molecule has 2 aliphatic heterocycles. The summed E-state index contributed by atoms with van der Waals surface area (Å²) in [6.07, 6.45) is 3.08. The summed E-state index contributed by atoms with van der Waals surface area (Å²) in [6.45, 7) is 2.56. The fourth-order valence-electron chi connectivity index (χ4n) is 4.49. The van der Waals surface area contributed by atoms with Gasteiger partial charge in [-0.05, 0) is 49.2 Å². The van der Waals surface area contributed by atoms with Gasteiger partial charge in [0.25, 0.3) is 0 Å². The minimum Gasteiger partial charge on any atom is -0.497 e. The number of halogens is 1. The lowest BCUT2D eigenvalue weighted by atomic mass is 10.2. The molecule has 1 saturated heterocycles. The molecule has 0 N–H and O–H groups in total. The number of methoxy groups -OCH3 is 2. The van der Waals surface area contributed by atoms with Gasteiger partial charge in [-0.2, -0.15) is 0 Å². The summed E-state index contributed by atoms with van der Waals surface area (Å²) in [7, 11) is -1.43. The molecule has 0 amide bonds. The van der Waals surface area contributed by atoms with E-state index in [0.717, 1.165) is 37.5 Å². The van der Waals surface area contributed by atoms with Crippen LogP contribution in [0.5, 0.6) is 5.75 Å². The summed E-state index contributed by atoms with van der Waals surface area (Å²) in [5, 5.41) is 0. The molecule has 0 atom stereocenters. The molecule has 8 nitrogen and oxygen atoms in total. The van der Waals surface area contributed by atoms with E-state index in [1.807, 2.05) is 29.2 Å². The fourth-order valence-corrected chi connectivity index (χ4v) is 5.98. The smallest absolute Gasteiger partial charge is 0.351 e. The molecule has 1 aliphatic carbocycles. The van der Waals surface area contributed by atoms with Crippen LogP contribution in [0.25, 0.3) is 0 Å². The third-order valence-corrected chi connectivity index (χ3v) is 8.28. The third kappa shape index (κ3) is 3.85. The zero-order valence-electron chi connectivity index (χ0n) is 19.0. The molecule has 0 spiro atoms. The van der Waals surface area contributed by atoms with Gasteiger partial charge in [-0.3, -0.25) is 0 Å². The van der Waals surface area contributed by atoms with Gasteiger partial charge in [-0.15, -0.1) is 0 Å². The average molecular weight is 488 g/mol. The van der Waals surface area contributed by atoms with Crippen LogP contribution in [0.1, 0.15) is 12.8 Å². The van der Waals surface area contributed by atoms with Gasteiger partial charge in [0.2, 0.25) is 9.84 Å². The van der Waals surface area contributed by atoms with Gasteiger partial charge in [0.15, 0.2) is 4.91 Å². The number of anilines is 3. The molecule has 180 valence electrons. The van der Waals surface area contributed by atoms with Crippen molar-refractivity contribution in [1.82, 2.24) is 0 Å². The van der Waals surface area contributed by atoms with Crippen LogP contribution in [0, 0.1) is 5.82 Å². The number of hydrogen-bond donors (Lipinski definition) is 0. The van der Waals surface area contributed by atoms with Gasteiger partial charge in [0.05, 0.1) is 30.5 Å². The molecule has 0 bridgehead atoms. The maximum absolute atomic E-state index is 15.3. The van der Waals surface area contributed by atoms with Gasteiger partial charge in [-0.1, -0.05) is 0 Å². The van der Waals surface area contributed by atoms with E-state index in [0.29, 0.717) is 37.6 Å². The Kier molecular flexibility index (Phi) is 5.63. The molecule has 0 aromatic heterocycles. The highest BCUT2D eigenvalue weighted by atomic mass is 32.2. The molecule has 0 unspecified atom stereocenters. The Balaban J connectivity index is 1.43. The monoisotopic (exact) mass is 487 g/mol. The van der Waals surface area contributed by atoms with Crippen molar-refractivity contribution in [2.45, 2.75) is 23.8 Å². The Morgan fingerprint density at radius 3 is 2.21 bits per heavy atom. The molecule has 2 aromatic rings. The van der Waals surface area contributed by atoms with Crippen molar-refractivity contribution >= 4 is 32.9 Å². The maximum Gasteiger partial charge on any atom is 0.351 e. The number of piperazine rings is 1. The van der Waals surface area contributed by atoms with Crippen molar-refractivity contribution in [1.29, 1.82) is 0 Å². The summed E-state index contributed by atoms with van der Waals surface area (Å²) in [4.78, 5) is 17.4. The number of nitrogens with zero attached hydrogens (tertiary/aromatic N) is 3. The van der Waals surface area contributed by atoms with Crippen LogP contribution < -0.4 is 19.4 Å². The summed E-state index contributed by atoms with van der Waals surface area (Å²) in [5.74, 6) is -0.782. The molecule has 1 saturated carbocycles. The Labute approximate surface area is 198 Å². The summed E-state index contributed by atoms with van der Waals surface area (Å²) >= 11 is 0. The first kappa shape index (κ1) is 22.5. The number of rotatable bonds is 5. The van der Waals surface area contributed by atoms with Crippen molar-refractivity contribution in [2.24, 2.45) is 0 Å². The van der Waals surface area contributed by atoms with Crippen LogP contribution in [0.4, 0.5) is 21.5 Å². The number of sulfone groups is 1. The standard InChI is InChI=1S/C24H26FN3O5S/c1-32-18-7-5-16(6-8-18)26-9-11-27(12-10-26)20-14-21-22(13-19(20)25)34(30,31)23(24(29)33-2)15-28(21)17-3-4-17/h5-8,13-15,17H,3-4,9-12H2,1-2H3. The van der Waals surface area contributed by atoms with Crippen molar-refractivity contribution < 1.29 is 27.1 Å². The molecule has 2 aromatic carbocycles. The second-order valence-corrected chi connectivity index (χ2v) is 10.5. The van der Waals surface area contributed by atoms with E-state index in [2.05, 4.69) is 9.64 Å². The molecule has 0 radical (unpaired) electrons. The second kappa shape index (κ2) is 8.50. The number of ether oxygens (including phenoxy) is 2. The number of esters is 1. The molecular weight excluding hydrogens is 461 g/mol. The van der Waals surface area contributed by atoms with E-state index in [9.17, 15) is 13.2 Å². The first-order valence-electron chi connectivity index (χ1n) is 11.1. The number of benzene rings is 2. The van der Waals surface area contributed by atoms with Crippen molar-refractivity contribution in [2.75, 3.05) is 55.1 Å². The fraction of sp³-hybridized carbons (Fsp3) is 0.375. The average Bonchev–Trinajstić information content (AvgIpc) is 3.69. The van der Waals surface area contributed by atoms with Crippen LogP contribution in [0.2, 0.25) is 0 Å². The highest BCUT2D eigenvalue weighted by molar-refractivity contribution is 7.96. The van der Waals surface area contributed by atoms with E-state index in [1.165, 1.54) is 6.20 Å². The number of fused-ring (bicyclic) bond motifs is 1.